The molecule has 2 aliphatic rings. The number of hydrogen-bond donors (Lipinski definition) is 2. The average Bonchev–Trinajstić information content (AvgIpc) is 3.67. The predicted molar refractivity (Wildman–Crippen MR) is 151 cm³/mol. The quantitative estimate of drug-likeness (QED) is 0.380. The van der Waals surface area contributed by atoms with E-state index in [9.17, 15) is 9.59 Å². The van der Waals surface area contributed by atoms with E-state index in [0.29, 0.717) is 12.2 Å². The van der Waals surface area contributed by atoms with Gasteiger partial charge in [-0.3, -0.25) is 14.5 Å². The van der Waals surface area contributed by atoms with Crippen LogP contribution in [0.5, 0.6) is 0 Å². The van der Waals surface area contributed by atoms with E-state index in [1.807, 2.05) is 60.0 Å². The smallest absolute Gasteiger partial charge is 0.271 e. The highest BCUT2D eigenvalue weighted by Crippen LogP contribution is 2.29. The van der Waals surface area contributed by atoms with Gasteiger partial charge in [0.2, 0.25) is 5.91 Å². The lowest BCUT2D eigenvalue weighted by atomic mass is 9.95. The van der Waals surface area contributed by atoms with Gasteiger partial charge in [-0.2, -0.15) is 0 Å². The summed E-state index contributed by atoms with van der Waals surface area (Å²) >= 11 is 1.53. The molecule has 1 saturated heterocycles. The number of hydrogen-bond acceptors (Lipinski definition) is 5. The molecule has 2 N–H and O–H groups in total. The molecule has 0 spiro atoms. The summed E-state index contributed by atoms with van der Waals surface area (Å²) in [6, 6.07) is 17.2. The minimum absolute atomic E-state index is 0.0751. The molecular formula is C30H38N4O3S. The fourth-order valence-corrected chi connectivity index (χ4v) is 6.33. The number of carbonyl (C=O) groups is 2. The normalized spacial score (nSPS) is 17.7. The molecule has 202 valence electrons. The number of aromatic nitrogens is 1. The second-order valence-electron chi connectivity index (χ2n) is 10.2. The highest BCUT2D eigenvalue weighted by atomic mass is 32.1. The van der Waals surface area contributed by atoms with Crippen LogP contribution in [0.4, 0.5) is 0 Å². The molecule has 3 aromatic rings. The zero-order valence-corrected chi connectivity index (χ0v) is 22.8. The number of carbonyl (C=O) groups excluding carboxylic acids is 2. The summed E-state index contributed by atoms with van der Waals surface area (Å²) in [6.45, 7) is 4.66. The number of thiophene rings is 1. The van der Waals surface area contributed by atoms with Gasteiger partial charge in [-0.1, -0.05) is 55.7 Å². The van der Waals surface area contributed by atoms with Gasteiger partial charge in [0.15, 0.2) is 0 Å². The standard InChI is InChI=1S/C30H38N4O3S/c35-29(31-24-11-5-2-6-12-24)28(27-13-7-22-38-27)34(17-8-16-33-18-20-37-21-19-33)30(36)26-15-14-25(32-26)23-9-3-1-4-10-23/h1,3-4,7,9-10,13-15,22,24,28,32H,2,5-6,8,11-12,16-21H2,(H,31,35)/t28-/m0/s1. The molecule has 3 heterocycles. The Morgan fingerprint density at radius 2 is 1.82 bits per heavy atom. The second-order valence-corrected chi connectivity index (χ2v) is 11.2. The van der Waals surface area contributed by atoms with Crippen molar-refractivity contribution in [3.63, 3.8) is 0 Å². The summed E-state index contributed by atoms with van der Waals surface area (Å²) in [5.41, 5.74) is 2.42. The fourth-order valence-electron chi connectivity index (χ4n) is 5.50. The van der Waals surface area contributed by atoms with Crippen LogP contribution in [0.15, 0.2) is 60.0 Å². The lowest BCUT2D eigenvalue weighted by Crippen LogP contribution is -2.47. The molecule has 1 saturated carbocycles. The van der Waals surface area contributed by atoms with E-state index in [0.717, 1.165) is 81.1 Å². The molecular weight excluding hydrogens is 496 g/mol. The summed E-state index contributed by atoms with van der Waals surface area (Å²) in [4.78, 5) is 36.3. The van der Waals surface area contributed by atoms with Crippen molar-refractivity contribution in [3.8, 4) is 11.3 Å². The Balaban J connectivity index is 1.39. The number of aromatic amines is 1. The van der Waals surface area contributed by atoms with E-state index in [2.05, 4.69) is 15.2 Å². The molecule has 0 bridgehead atoms. The predicted octanol–water partition coefficient (Wildman–Crippen LogP) is 5.10. The summed E-state index contributed by atoms with van der Waals surface area (Å²) in [5, 5.41) is 5.28. The molecule has 2 fully saturated rings. The lowest BCUT2D eigenvalue weighted by Gasteiger charge is -2.33. The van der Waals surface area contributed by atoms with E-state index < -0.39 is 6.04 Å². The molecule has 0 unspecified atom stereocenters. The number of ether oxygens (including phenoxy) is 1. The van der Waals surface area contributed by atoms with Gasteiger partial charge in [0.25, 0.3) is 5.91 Å². The van der Waals surface area contributed by atoms with Crippen molar-refractivity contribution >= 4 is 23.2 Å². The van der Waals surface area contributed by atoms with Gasteiger partial charge in [0, 0.05) is 42.8 Å². The number of amides is 2. The lowest BCUT2D eigenvalue weighted by molar-refractivity contribution is -0.126. The van der Waals surface area contributed by atoms with Crippen molar-refractivity contribution in [1.82, 2.24) is 20.1 Å². The topological polar surface area (TPSA) is 77.7 Å². The average molecular weight is 535 g/mol. The van der Waals surface area contributed by atoms with Crippen molar-refractivity contribution in [2.24, 2.45) is 0 Å². The van der Waals surface area contributed by atoms with Crippen LogP contribution < -0.4 is 5.32 Å². The summed E-state index contributed by atoms with van der Waals surface area (Å²) in [5.74, 6) is -0.222. The van der Waals surface area contributed by atoms with Crippen LogP contribution in [0, 0.1) is 0 Å². The summed E-state index contributed by atoms with van der Waals surface area (Å²) < 4.78 is 5.49. The number of morpholine rings is 1. The maximum Gasteiger partial charge on any atom is 0.271 e. The Hall–Kier alpha value is -2.94. The van der Waals surface area contributed by atoms with Crippen LogP contribution in [0.25, 0.3) is 11.3 Å². The first kappa shape index (κ1) is 26.7. The van der Waals surface area contributed by atoms with Crippen molar-refractivity contribution in [2.75, 3.05) is 39.4 Å². The molecule has 38 heavy (non-hydrogen) atoms. The Morgan fingerprint density at radius 1 is 1.03 bits per heavy atom. The van der Waals surface area contributed by atoms with Gasteiger partial charge in [0.05, 0.1) is 13.2 Å². The van der Waals surface area contributed by atoms with Gasteiger partial charge < -0.3 is 19.9 Å². The van der Waals surface area contributed by atoms with Gasteiger partial charge in [-0.25, -0.2) is 0 Å². The third-order valence-electron chi connectivity index (χ3n) is 7.56. The van der Waals surface area contributed by atoms with E-state index in [1.165, 1.54) is 17.8 Å². The molecule has 0 radical (unpaired) electrons. The van der Waals surface area contributed by atoms with Crippen molar-refractivity contribution in [1.29, 1.82) is 0 Å². The number of nitrogens with one attached hydrogen (secondary N) is 2. The molecule has 1 aliphatic heterocycles. The van der Waals surface area contributed by atoms with E-state index >= 15 is 0 Å². The SMILES string of the molecule is O=C(NC1CCCCC1)[C@H](c1cccs1)N(CCCN1CCOCC1)C(=O)c1ccc(-c2ccccc2)[nH]1. The molecule has 2 aromatic heterocycles. The zero-order valence-electron chi connectivity index (χ0n) is 21.9. The molecule has 1 aromatic carbocycles. The monoisotopic (exact) mass is 534 g/mol. The largest absolute Gasteiger partial charge is 0.379 e. The minimum atomic E-state index is -0.655. The fraction of sp³-hybridized carbons (Fsp3) is 0.467. The van der Waals surface area contributed by atoms with Crippen molar-refractivity contribution in [3.05, 3.63) is 70.5 Å². The van der Waals surface area contributed by atoms with Crippen molar-refractivity contribution in [2.45, 2.75) is 50.6 Å². The van der Waals surface area contributed by atoms with Gasteiger partial charge in [-0.15, -0.1) is 11.3 Å². The first-order valence-electron chi connectivity index (χ1n) is 13.9. The van der Waals surface area contributed by atoms with Crippen molar-refractivity contribution < 1.29 is 14.3 Å². The van der Waals surface area contributed by atoms with E-state index in [4.69, 9.17) is 4.74 Å². The maximum absolute atomic E-state index is 14.1. The Labute approximate surface area is 229 Å². The zero-order chi connectivity index (χ0) is 26.2. The molecule has 1 atom stereocenters. The van der Waals surface area contributed by atoms with Crippen LogP contribution >= 0.6 is 11.3 Å². The van der Waals surface area contributed by atoms with Crippen LogP contribution in [-0.4, -0.2) is 72.0 Å². The van der Waals surface area contributed by atoms with Crippen LogP contribution in [0.3, 0.4) is 0 Å². The molecule has 7 nitrogen and oxygen atoms in total. The van der Waals surface area contributed by atoms with Gasteiger partial charge in [-0.05, 0) is 48.4 Å². The summed E-state index contributed by atoms with van der Waals surface area (Å²) in [6.07, 6.45) is 6.30. The minimum Gasteiger partial charge on any atom is -0.379 e. The molecule has 2 amide bonds. The van der Waals surface area contributed by atoms with Crippen LogP contribution in [0.2, 0.25) is 0 Å². The first-order chi connectivity index (χ1) is 18.7. The number of nitrogens with zero attached hydrogens (tertiary/aromatic N) is 2. The second kappa shape index (κ2) is 13.2. The molecule has 8 heteroatoms. The van der Waals surface area contributed by atoms with E-state index in [-0.39, 0.29) is 17.9 Å². The van der Waals surface area contributed by atoms with Crippen LogP contribution in [0.1, 0.15) is 59.9 Å². The first-order valence-corrected chi connectivity index (χ1v) is 14.8. The number of H-pyrrole nitrogens is 1. The number of benzene rings is 1. The highest BCUT2D eigenvalue weighted by Gasteiger charge is 2.34. The maximum atomic E-state index is 14.1. The molecule has 5 rings (SSSR count). The van der Waals surface area contributed by atoms with Crippen LogP contribution in [-0.2, 0) is 9.53 Å². The Bertz CT molecular complexity index is 1150. The highest BCUT2D eigenvalue weighted by molar-refractivity contribution is 7.10. The van der Waals surface area contributed by atoms with E-state index in [1.54, 1.807) is 4.90 Å². The number of rotatable bonds is 10. The van der Waals surface area contributed by atoms with Gasteiger partial charge >= 0.3 is 0 Å². The molecule has 1 aliphatic carbocycles. The Morgan fingerprint density at radius 3 is 2.55 bits per heavy atom. The Kier molecular flexibility index (Phi) is 9.28. The third-order valence-corrected chi connectivity index (χ3v) is 8.49. The van der Waals surface area contributed by atoms with Gasteiger partial charge in [0.1, 0.15) is 11.7 Å². The third kappa shape index (κ3) is 6.73. The summed E-state index contributed by atoms with van der Waals surface area (Å²) in [7, 11) is 0.